The fraction of sp³-hybridized carbons (Fsp3) is 0.125. The molecular formula is C16H14NO+. The average molecular weight is 236 g/mol. The topological polar surface area (TPSA) is 20.1 Å². The van der Waals surface area contributed by atoms with Gasteiger partial charge in [0.2, 0.25) is 5.36 Å². The maximum absolute atomic E-state index is 12.3. The van der Waals surface area contributed by atoms with E-state index in [1.54, 1.807) is 4.58 Å². The number of carbonyl (C=O) groups is 1. The summed E-state index contributed by atoms with van der Waals surface area (Å²) >= 11 is 0. The van der Waals surface area contributed by atoms with Gasteiger partial charge in [-0.05, 0) is 11.6 Å². The molecule has 88 valence electrons. The Labute approximate surface area is 106 Å². The monoisotopic (exact) mass is 236 g/mol. The molecule has 0 N–H and O–H groups in total. The van der Waals surface area contributed by atoms with Crippen molar-refractivity contribution in [3.8, 4) is 0 Å². The van der Waals surface area contributed by atoms with E-state index in [0.29, 0.717) is 6.42 Å². The van der Waals surface area contributed by atoms with Crippen LogP contribution in [-0.2, 0) is 11.2 Å². The van der Waals surface area contributed by atoms with Gasteiger partial charge in [0, 0.05) is 12.5 Å². The van der Waals surface area contributed by atoms with Crippen molar-refractivity contribution < 1.29 is 4.79 Å². The number of hydrogen-bond donors (Lipinski definition) is 0. The van der Waals surface area contributed by atoms with Gasteiger partial charge in [0.15, 0.2) is 0 Å². The summed E-state index contributed by atoms with van der Waals surface area (Å²) in [6, 6.07) is 18.1. The predicted molar refractivity (Wildman–Crippen MR) is 71.4 cm³/mol. The molecular weight excluding hydrogens is 222 g/mol. The Balaban J connectivity index is 2.16. The summed E-state index contributed by atoms with van der Waals surface area (Å²) in [4.78, 5) is 12.3. The minimum Gasteiger partial charge on any atom is -0.215 e. The second kappa shape index (κ2) is 4.22. The van der Waals surface area contributed by atoms with Crippen LogP contribution >= 0.6 is 0 Å². The van der Waals surface area contributed by atoms with Gasteiger partial charge in [0.25, 0.3) is 0 Å². The fourth-order valence-corrected chi connectivity index (χ4v) is 2.42. The van der Waals surface area contributed by atoms with Gasteiger partial charge < -0.3 is 0 Å². The van der Waals surface area contributed by atoms with Gasteiger partial charge in [-0.15, -0.1) is 0 Å². The Morgan fingerprint density at radius 3 is 2.39 bits per heavy atom. The molecule has 0 saturated carbocycles. The number of fused-ring (bicyclic) bond motifs is 1. The molecule has 18 heavy (non-hydrogen) atoms. The predicted octanol–water partition coefficient (Wildman–Crippen LogP) is 0.741. The van der Waals surface area contributed by atoms with Crippen molar-refractivity contribution in [3.63, 3.8) is 0 Å². The van der Waals surface area contributed by atoms with E-state index >= 15 is 0 Å². The first-order valence-electron chi connectivity index (χ1n) is 6.04. The van der Waals surface area contributed by atoms with E-state index in [0.717, 1.165) is 16.1 Å². The summed E-state index contributed by atoms with van der Waals surface area (Å²) in [6.45, 7) is 0. The lowest BCUT2D eigenvalue weighted by molar-refractivity contribution is -0.116. The van der Waals surface area contributed by atoms with E-state index in [-0.39, 0.29) is 5.91 Å². The number of para-hydroxylation sites is 1. The van der Waals surface area contributed by atoms with Crippen molar-refractivity contribution in [1.82, 2.24) is 4.58 Å². The molecule has 2 heteroatoms. The molecule has 2 aromatic rings. The van der Waals surface area contributed by atoms with Crippen LogP contribution in [0.15, 0.2) is 54.6 Å². The van der Waals surface area contributed by atoms with E-state index in [1.807, 2.05) is 49.5 Å². The minimum absolute atomic E-state index is 0.111. The maximum Gasteiger partial charge on any atom is 0.416 e. The van der Waals surface area contributed by atoms with Gasteiger partial charge in [-0.2, -0.15) is 4.58 Å². The first-order valence-corrected chi connectivity index (χ1v) is 6.04. The number of amides is 1. The maximum atomic E-state index is 12.3. The third-order valence-corrected chi connectivity index (χ3v) is 3.38. The lowest BCUT2D eigenvalue weighted by Gasteiger charge is -1.98. The minimum atomic E-state index is 0.111. The van der Waals surface area contributed by atoms with Gasteiger partial charge in [0.1, 0.15) is 7.05 Å². The molecule has 1 amide bonds. The first-order chi connectivity index (χ1) is 8.77. The summed E-state index contributed by atoms with van der Waals surface area (Å²) in [5, 5.41) is 2.07. The van der Waals surface area contributed by atoms with Crippen LogP contribution in [0, 0.1) is 0 Å². The number of carbonyl (C=O) groups excluding carboxylic acids is 1. The third kappa shape index (κ3) is 1.66. The lowest BCUT2D eigenvalue weighted by atomic mass is 10.0. The van der Waals surface area contributed by atoms with Gasteiger partial charge in [-0.25, -0.2) is 4.79 Å². The molecule has 1 aliphatic heterocycles. The largest absolute Gasteiger partial charge is 0.416 e. The zero-order valence-electron chi connectivity index (χ0n) is 10.3. The van der Waals surface area contributed by atoms with E-state index in [2.05, 4.69) is 12.1 Å². The summed E-state index contributed by atoms with van der Waals surface area (Å²) < 4.78 is 1.73. The fourth-order valence-electron chi connectivity index (χ4n) is 2.42. The highest BCUT2D eigenvalue weighted by atomic mass is 16.2. The van der Waals surface area contributed by atoms with E-state index in [9.17, 15) is 4.79 Å². The first kappa shape index (κ1) is 10.9. The van der Waals surface area contributed by atoms with Crippen LogP contribution in [0.3, 0.4) is 0 Å². The van der Waals surface area contributed by atoms with Gasteiger partial charge >= 0.3 is 5.91 Å². The second-order valence-corrected chi connectivity index (χ2v) is 4.52. The molecule has 0 aliphatic carbocycles. The number of rotatable bonds is 2. The van der Waals surface area contributed by atoms with Crippen LogP contribution in [-0.4, -0.2) is 13.0 Å². The SMILES string of the molecule is C[N+]1=c2ccccc2=C(Cc2ccccc2)C1=O. The van der Waals surface area contributed by atoms with Crippen LogP contribution in [0.2, 0.25) is 0 Å². The normalized spacial score (nSPS) is 13.9. The molecule has 1 heterocycles. The van der Waals surface area contributed by atoms with Crippen molar-refractivity contribution >= 4 is 11.5 Å². The Morgan fingerprint density at radius 2 is 1.61 bits per heavy atom. The summed E-state index contributed by atoms with van der Waals surface area (Å²) in [7, 11) is 1.83. The number of benzene rings is 2. The van der Waals surface area contributed by atoms with E-state index in [4.69, 9.17) is 0 Å². The zero-order chi connectivity index (χ0) is 12.5. The Bertz CT molecular complexity index is 729. The van der Waals surface area contributed by atoms with Crippen molar-refractivity contribution in [2.45, 2.75) is 6.42 Å². The van der Waals surface area contributed by atoms with Crippen LogP contribution in [0.1, 0.15) is 5.56 Å². The molecule has 0 bridgehead atoms. The van der Waals surface area contributed by atoms with E-state index in [1.165, 1.54) is 5.56 Å². The molecule has 0 radical (unpaired) electrons. The molecule has 0 fully saturated rings. The lowest BCUT2D eigenvalue weighted by Crippen LogP contribution is -2.32. The second-order valence-electron chi connectivity index (χ2n) is 4.52. The Hall–Kier alpha value is -2.22. The summed E-state index contributed by atoms with van der Waals surface area (Å²) in [6.07, 6.45) is 0.695. The zero-order valence-corrected chi connectivity index (χ0v) is 10.3. The van der Waals surface area contributed by atoms with Crippen LogP contribution in [0.4, 0.5) is 0 Å². The van der Waals surface area contributed by atoms with Crippen molar-refractivity contribution in [2.24, 2.45) is 0 Å². The standard InChI is InChI=1S/C16H14NO/c1-17-15-10-6-5-9-13(15)14(16(17)18)11-12-7-3-2-4-8-12/h2-10H,11H2,1H3/q+1. The van der Waals surface area contributed by atoms with E-state index < -0.39 is 0 Å². The van der Waals surface area contributed by atoms with Crippen molar-refractivity contribution in [1.29, 1.82) is 0 Å². The van der Waals surface area contributed by atoms with Crippen LogP contribution < -0.4 is 15.2 Å². The third-order valence-electron chi connectivity index (χ3n) is 3.38. The summed E-state index contributed by atoms with van der Waals surface area (Å²) in [5.74, 6) is 0.111. The number of hydrogen-bond acceptors (Lipinski definition) is 1. The van der Waals surface area contributed by atoms with Crippen molar-refractivity contribution in [3.05, 3.63) is 70.7 Å². The van der Waals surface area contributed by atoms with Crippen LogP contribution in [0.5, 0.6) is 0 Å². The molecule has 0 aromatic heterocycles. The molecule has 2 nitrogen and oxygen atoms in total. The molecule has 0 atom stereocenters. The molecule has 0 unspecified atom stereocenters. The summed E-state index contributed by atoms with van der Waals surface area (Å²) in [5.41, 5.74) is 2.06. The number of nitrogens with zero attached hydrogens (tertiary/aromatic N) is 1. The highest BCUT2D eigenvalue weighted by molar-refractivity contribution is 6.15. The highest BCUT2D eigenvalue weighted by Gasteiger charge is 2.27. The molecule has 0 spiro atoms. The molecule has 1 aliphatic rings. The van der Waals surface area contributed by atoms with Crippen molar-refractivity contribution in [2.75, 3.05) is 7.05 Å². The van der Waals surface area contributed by atoms with Gasteiger partial charge in [-0.1, -0.05) is 42.5 Å². The molecule has 2 aromatic carbocycles. The molecule has 3 rings (SSSR count). The molecule has 0 saturated heterocycles. The quantitative estimate of drug-likeness (QED) is 0.704. The van der Waals surface area contributed by atoms with Gasteiger partial charge in [-0.3, -0.25) is 0 Å². The smallest absolute Gasteiger partial charge is 0.215 e. The highest BCUT2D eigenvalue weighted by Crippen LogP contribution is 2.09. The average Bonchev–Trinajstić information content (AvgIpc) is 2.66. The Morgan fingerprint density at radius 1 is 0.944 bits per heavy atom. The van der Waals surface area contributed by atoms with Gasteiger partial charge in [0.05, 0.1) is 10.8 Å². The van der Waals surface area contributed by atoms with Crippen LogP contribution in [0.25, 0.3) is 5.57 Å². The Kier molecular flexibility index (Phi) is 2.56.